The molecule has 7 nitrogen and oxygen atoms in total. The highest BCUT2D eigenvalue weighted by atomic mass is 32.2. The summed E-state index contributed by atoms with van der Waals surface area (Å²) < 4.78 is 32.4. The summed E-state index contributed by atoms with van der Waals surface area (Å²) in [4.78, 5) is 11.5. The van der Waals surface area contributed by atoms with E-state index in [2.05, 4.69) is 0 Å². The number of carboxylic acid groups (broad SMARTS) is 1. The number of aliphatic hydroxyl groups is 1. The average Bonchev–Trinajstić information content (AvgIpc) is 2.67. The van der Waals surface area contributed by atoms with Gasteiger partial charge in [-0.05, 0) is 48.7 Å². The molecule has 0 amide bonds. The van der Waals surface area contributed by atoms with Gasteiger partial charge in [0.2, 0.25) is 10.0 Å². The Balaban J connectivity index is 1.74. The molecule has 0 bridgehead atoms. The van der Waals surface area contributed by atoms with Crippen LogP contribution in [0.2, 0.25) is 0 Å². The van der Waals surface area contributed by atoms with Crippen molar-refractivity contribution in [3.63, 3.8) is 0 Å². The maximum atomic E-state index is 12.9. The molecule has 0 radical (unpaired) electrons. The van der Waals surface area contributed by atoms with Crippen LogP contribution < -0.4 is 4.74 Å². The van der Waals surface area contributed by atoms with Crippen molar-refractivity contribution in [1.82, 2.24) is 4.31 Å². The minimum atomic E-state index is -3.98. The molecule has 2 N–H and O–H groups in total. The van der Waals surface area contributed by atoms with Crippen molar-refractivity contribution >= 4 is 16.0 Å². The van der Waals surface area contributed by atoms with Gasteiger partial charge in [-0.1, -0.05) is 24.3 Å². The molecule has 0 saturated carbocycles. The van der Waals surface area contributed by atoms with Crippen LogP contribution in [0.4, 0.5) is 0 Å². The van der Waals surface area contributed by atoms with Gasteiger partial charge in [-0.25, -0.2) is 8.42 Å². The van der Waals surface area contributed by atoms with Gasteiger partial charge in [0.25, 0.3) is 0 Å². The number of piperidine rings is 1. The minimum Gasteiger partial charge on any atom is -0.489 e. The fourth-order valence-corrected chi connectivity index (χ4v) is 4.82. The van der Waals surface area contributed by atoms with Crippen molar-refractivity contribution in [1.29, 1.82) is 0 Å². The Morgan fingerprint density at radius 3 is 2.50 bits per heavy atom. The second-order valence-corrected chi connectivity index (χ2v) is 8.73. The van der Waals surface area contributed by atoms with Gasteiger partial charge in [0.05, 0.1) is 11.0 Å². The number of nitrogens with zero attached hydrogens (tertiary/aromatic N) is 1. The molecule has 2 aromatic rings. The summed E-state index contributed by atoms with van der Waals surface area (Å²) in [5, 5.41) is 19.0. The molecule has 1 heterocycles. The number of carbonyl (C=O) groups is 1. The van der Waals surface area contributed by atoms with Crippen LogP contribution in [0.1, 0.15) is 24.0 Å². The van der Waals surface area contributed by atoms with Gasteiger partial charge >= 0.3 is 5.97 Å². The number of benzene rings is 2. The first kappa shape index (κ1) is 20.3. The van der Waals surface area contributed by atoms with Crippen molar-refractivity contribution in [3.8, 4) is 5.75 Å². The summed E-state index contributed by atoms with van der Waals surface area (Å²) >= 11 is 0. The number of sulfonamides is 1. The first-order valence-corrected chi connectivity index (χ1v) is 10.4. The Morgan fingerprint density at radius 1 is 1.18 bits per heavy atom. The highest BCUT2D eigenvalue weighted by molar-refractivity contribution is 7.89. The van der Waals surface area contributed by atoms with E-state index in [1.807, 2.05) is 31.2 Å². The number of carboxylic acids is 1. The van der Waals surface area contributed by atoms with E-state index in [0.717, 1.165) is 15.4 Å². The maximum absolute atomic E-state index is 12.9. The highest BCUT2D eigenvalue weighted by Gasteiger charge is 2.40. The third kappa shape index (κ3) is 4.35. The molecular weight excluding hydrogens is 382 g/mol. The monoisotopic (exact) mass is 405 g/mol. The summed E-state index contributed by atoms with van der Waals surface area (Å²) in [7, 11) is -3.98. The summed E-state index contributed by atoms with van der Waals surface area (Å²) in [5.74, 6) is -0.744. The number of ether oxygens (including phenoxy) is 1. The van der Waals surface area contributed by atoms with Crippen molar-refractivity contribution < 1.29 is 28.2 Å². The van der Waals surface area contributed by atoms with Gasteiger partial charge < -0.3 is 14.9 Å². The van der Waals surface area contributed by atoms with Crippen LogP contribution in [0.3, 0.4) is 0 Å². The standard InChI is InChI=1S/C20H23NO6S/c1-14-4-2-3-5-15(14)13-27-17-6-8-18(9-7-17)28(25,26)21-11-10-16(22)12-19(21)20(23)24/h2-9,16,19,22H,10-13H2,1H3,(H,23,24). The molecule has 1 saturated heterocycles. The van der Waals surface area contributed by atoms with Crippen LogP contribution >= 0.6 is 0 Å². The van der Waals surface area contributed by atoms with E-state index < -0.39 is 28.1 Å². The first-order chi connectivity index (χ1) is 13.3. The zero-order valence-electron chi connectivity index (χ0n) is 15.5. The molecule has 2 atom stereocenters. The molecule has 1 aliphatic heterocycles. The van der Waals surface area contributed by atoms with E-state index in [0.29, 0.717) is 12.4 Å². The summed E-state index contributed by atoms with van der Waals surface area (Å²) in [5.41, 5.74) is 2.14. The summed E-state index contributed by atoms with van der Waals surface area (Å²) in [6.07, 6.45) is -0.725. The van der Waals surface area contributed by atoms with Crippen LogP contribution in [-0.2, 0) is 21.4 Å². The van der Waals surface area contributed by atoms with E-state index in [1.165, 1.54) is 12.1 Å². The Morgan fingerprint density at radius 2 is 1.86 bits per heavy atom. The number of hydrogen-bond donors (Lipinski definition) is 2. The smallest absolute Gasteiger partial charge is 0.322 e. The molecular formula is C20H23NO6S. The van der Waals surface area contributed by atoms with E-state index in [-0.39, 0.29) is 24.3 Å². The second kappa shape index (κ2) is 8.30. The number of rotatable bonds is 6. The van der Waals surface area contributed by atoms with Crippen molar-refractivity contribution in [3.05, 3.63) is 59.7 Å². The first-order valence-electron chi connectivity index (χ1n) is 8.99. The molecule has 2 unspecified atom stereocenters. The van der Waals surface area contributed by atoms with E-state index >= 15 is 0 Å². The molecule has 3 rings (SSSR count). The zero-order valence-corrected chi connectivity index (χ0v) is 16.3. The molecule has 1 aliphatic rings. The Labute approximate surface area is 164 Å². The largest absolute Gasteiger partial charge is 0.489 e. The third-order valence-corrected chi connectivity index (χ3v) is 6.82. The molecule has 8 heteroatoms. The molecule has 150 valence electrons. The van der Waals surface area contributed by atoms with E-state index in [1.54, 1.807) is 12.1 Å². The van der Waals surface area contributed by atoms with Crippen LogP contribution in [0.15, 0.2) is 53.4 Å². The number of hydrogen-bond acceptors (Lipinski definition) is 5. The van der Waals surface area contributed by atoms with E-state index in [9.17, 15) is 23.4 Å². The molecule has 1 fully saturated rings. The number of aliphatic carboxylic acids is 1. The number of aliphatic hydroxyl groups excluding tert-OH is 1. The Bertz CT molecular complexity index is 941. The molecule has 0 aliphatic carbocycles. The molecule has 0 aromatic heterocycles. The zero-order chi connectivity index (χ0) is 20.3. The van der Waals surface area contributed by atoms with Crippen LogP contribution in [0, 0.1) is 6.92 Å². The SMILES string of the molecule is Cc1ccccc1COc1ccc(S(=O)(=O)N2CCC(O)CC2C(=O)O)cc1. The third-order valence-electron chi connectivity index (χ3n) is 4.90. The van der Waals surface area contributed by atoms with Gasteiger partial charge in [-0.2, -0.15) is 4.31 Å². The lowest BCUT2D eigenvalue weighted by atomic mass is 10.0. The maximum Gasteiger partial charge on any atom is 0.322 e. The molecule has 0 spiro atoms. The normalized spacial score (nSPS) is 20.6. The van der Waals surface area contributed by atoms with Gasteiger partial charge in [0, 0.05) is 13.0 Å². The lowest BCUT2D eigenvalue weighted by Crippen LogP contribution is -2.51. The summed E-state index contributed by atoms with van der Waals surface area (Å²) in [6, 6.07) is 12.5. The van der Waals surface area contributed by atoms with Crippen molar-refractivity contribution in [2.75, 3.05) is 6.54 Å². The predicted molar refractivity (Wildman–Crippen MR) is 103 cm³/mol. The fraction of sp³-hybridized carbons (Fsp3) is 0.350. The molecule has 28 heavy (non-hydrogen) atoms. The fourth-order valence-electron chi connectivity index (χ4n) is 3.21. The van der Waals surface area contributed by atoms with Crippen molar-refractivity contribution in [2.45, 2.75) is 43.4 Å². The Kier molecular flexibility index (Phi) is 6.02. The predicted octanol–water partition coefficient (Wildman–Crippen LogP) is 2.17. The molecule has 2 aromatic carbocycles. The van der Waals surface area contributed by atoms with Crippen LogP contribution in [0.5, 0.6) is 5.75 Å². The number of aryl methyl sites for hydroxylation is 1. The van der Waals surface area contributed by atoms with E-state index in [4.69, 9.17) is 4.74 Å². The van der Waals surface area contributed by atoms with Gasteiger partial charge in [-0.15, -0.1) is 0 Å². The Hall–Kier alpha value is -2.42. The van der Waals surface area contributed by atoms with Crippen LogP contribution in [-0.4, -0.2) is 47.6 Å². The topological polar surface area (TPSA) is 104 Å². The lowest BCUT2D eigenvalue weighted by Gasteiger charge is -2.34. The van der Waals surface area contributed by atoms with Gasteiger partial charge in [0.1, 0.15) is 18.4 Å². The van der Waals surface area contributed by atoms with Gasteiger partial charge in [-0.3, -0.25) is 4.79 Å². The minimum absolute atomic E-state index is 0.00150. The average molecular weight is 405 g/mol. The quantitative estimate of drug-likeness (QED) is 0.763. The van der Waals surface area contributed by atoms with Crippen LogP contribution in [0.25, 0.3) is 0 Å². The highest BCUT2D eigenvalue weighted by Crippen LogP contribution is 2.27. The van der Waals surface area contributed by atoms with Gasteiger partial charge in [0.15, 0.2) is 0 Å². The summed E-state index contributed by atoms with van der Waals surface area (Å²) in [6.45, 7) is 2.32. The lowest BCUT2D eigenvalue weighted by molar-refractivity contribution is -0.143. The van der Waals surface area contributed by atoms with Crippen molar-refractivity contribution in [2.24, 2.45) is 0 Å². The second-order valence-electron chi connectivity index (χ2n) is 6.83.